The predicted molar refractivity (Wildman–Crippen MR) is 84.1 cm³/mol. The Labute approximate surface area is 128 Å². The third-order valence-corrected chi connectivity index (χ3v) is 3.19. The Balaban J connectivity index is 2.13. The molecule has 22 heavy (non-hydrogen) atoms. The molecule has 0 radical (unpaired) electrons. The molecule has 0 aromatic heterocycles. The van der Waals surface area contributed by atoms with Gasteiger partial charge >= 0.3 is 6.03 Å². The van der Waals surface area contributed by atoms with Gasteiger partial charge in [-0.05, 0) is 35.2 Å². The lowest BCUT2D eigenvalue weighted by Crippen LogP contribution is -2.21. The normalized spacial score (nSPS) is 11.1. The number of halogens is 2. The fraction of sp³-hybridized carbons (Fsp3) is 0.235. The lowest BCUT2D eigenvalue weighted by atomic mass is 9.87. The van der Waals surface area contributed by atoms with Crippen LogP contribution < -0.4 is 10.6 Å². The molecular weight excluding hydrogens is 286 g/mol. The lowest BCUT2D eigenvalue weighted by molar-refractivity contribution is 0.262. The molecule has 3 nitrogen and oxygen atoms in total. The van der Waals surface area contributed by atoms with E-state index in [0.29, 0.717) is 5.69 Å². The van der Waals surface area contributed by atoms with Gasteiger partial charge in [0.05, 0.1) is 0 Å². The zero-order chi connectivity index (χ0) is 16.3. The van der Waals surface area contributed by atoms with Crippen molar-refractivity contribution in [3.63, 3.8) is 0 Å². The highest BCUT2D eigenvalue weighted by Gasteiger charge is 2.15. The Bertz CT molecular complexity index is 673. The summed E-state index contributed by atoms with van der Waals surface area (Å²) in [6.07, 6.45) is 0. The van der Waals surface area contributed by atoms with Crippen LogP contribution in [0.5, 0.6) is 0 Å². The minimum absolute atomic E-state index is 0.0637. The van der Waals surface area contributed by atoms with Gasteiger partial charge in [0.15, 0.2) is 0 Å². The van der Waals surface area contributed by atoms with Crippen molar-refractivity contribution >= 4 is 17.4 Å². The summed E-state index contributed by atoms with van der Waals surface area (Å²) in [5.41, 5.74) is 1.07. The van der Waals surface area contributed by atoms with Crippen molar-refractivity contribution in [3.05, 3.63) is 59.7 Å². The second kappa shape index (κ2) is 6.13. The number of para-hydroxylation sites is 1. The van der Waals surface area contributed by atoms with E-state index in [4.69, 9.17) is 0 Å². The molecule has 0 fully saturated rings. The van der Waals surface area contributed by atoms with Crippen LogP contribution in [0.15, 0.2) is 42.5 Å². The summed E-state index contributed by atoms with van der Waals surface area (Å²) in [5, 5.41) is 4.76. The molecule has 0 aliphatic carbocycles. The Hall–Kier alpha value is -2.43. The molecule has 0 aliphatic rings. The van der Waals surface area contributed by atoms with Crippen molar-refractivity contribution in [1.29, 1.82) is 0 Å². The Morgan fingerprint density at radius 2 is 1.55 bits per heavy atom. The van der Waals surface area contributed by atoms with Gasteiger partial charge in [-0.1, -0.05) is 39.0 Å². The van der Waals surface area contributed by atoms with Crippen LogP contribution in [0.4, 0.5) is 25.0 Å². The van der Waals surface area contributed by atoms with Gasteiger partial charge in [0.2, 0.25) is 0 Å². The number of carbonyl (C=O) groups excluding carboxylic acids is 1. The van der Waals surface area contributed by atoms with E-state index in [9.17, 15) is 13.6 Å². The van der Waals surface area contributed by atoms with Crippen LogP contribution in [0, 0.1) is 11.6 Å². The molecular formula is C17H18F2N2O. The van der Waals surface area contributed by atoms with Crippen LogP contribution in [0.3, 0.4) is 0 Å². The third-order valence-electron chi connectivity index (χ3n) is 3.19. The fourth-order valence-electron chi connectivity index (χ4n) is 1.96. The van der Waals surface area contributed by atoms with E-state index in [1.54, 1.807) is 6.07 Å². The molecule has 5 heteroatoms. The quantitative estimate of drug-likeness (QED) is 0.813. The van der Waals surface area contributed by atoms with E-state index < -0.39 is 23.4 Å². The second-order valence-corrected chi connectivity index (χ2v) is 6.01. The Morgan fingerprint density at radius 3 is 2.14 bits per heavy atom. The standard InChI is InChI=1S/C17H18F2N2O/c1-17(2,3)11-6-4-7-12(10-11)20-16(22)21-15-13(18)8-5-9-14(15)19/h4-10H,1-3H3,(H2,20,21,22). The van der Waals surface area contributed by atoms with Crippen molar-refractivity contribution in [3.8, 4) is 0 Å². The van der Waals surface area contributed by atoms with Crippen molar-refractivity contribution in [2.24, 2.45) is 0 Å². The number of rotatable bonds is 2. The molecule has 0 unspecified atom stereocenters. The van der Waals surface area contributed by atoms with Gasteiger partial charge in [0.1, 0.15) is 17.3 Å². The van der Waals surface area contributed by atoms with E-state index in [-0.39, 0.29) is 5.41 Å². The van der Waals surface area contributed by atoms with Gasteiger partial charge in [0.25, 0.3) is 0 Å². The average Bonchev–Trinajstić information content (AvgIpc) is 2.42. The van der Waals surface area contributed by atoms with Gasteiger partial charge in [-0.25, -0.2) is 13.6 Å². The maximum atomic E-state index is 13.5. The first-order valence-electron chi connectivity index (χ1n) is 6.90. The van der Waals surface area contributed by atoms with Crippen molar-refractivity contribution < 1.29 is 13.6 Å². The van der Waals surface area contributed by atoms with Crippen molar-refractivity contribution in [2.45, 2.75) is 26.2 Å². The van der Waals surface area contributed by atoms with Crippen molar-refractivity contribution in [2.75, 3.05) is 10.6 Å². The molecule has 2 amide bonds. The number of carbonyl (C=O) groups is 1. The largest absolute Gasteiger partial charge is 0.323 e. The SMILES string of the molecule is CC(C)(C)c1cccc(NC(=O)Nc2c(F)cccc2F)c1. The summed E-state index contributed by atoms with van der Waals surface area (Å²) < 4.78 is 27.0. The first kappa shape index (κ1) is 15.9. The van der Waals surface area contributed by atoms with E-state index in [1.165, 1.54) is 6.07 Å². The van der Waals surface area contributed by atoms with Gasteiger partial charge in [-0.3, -0.25) is 0 Å². The Morgan fingerprint density at radius 1 is 0.955 bits per heavy atom. The molecule has 0 atom stereocenters. The van der Waals surface area contributed by atoms with Crippen LogP contribution >= 0.6 is 0 Å². The highest BCUT2D eigenvalue weighted by molar-refractivity contribution is 5.99. The maximum absolute atomic E-state index is 13.5. The molecule has 2 aromatic rings. The zero-order valence-corrected chi connectivity index (χ0v) is 12.7. The molecule has 0 aliphatic heterocycles. The summed E-state index contributed by atoms with van der Waals surface area (Å²) >= 11 is 0. The van der Waals surface area contributed by atoms with Crippen LogP contribution in [0.1, 0.15) is 26.3 Å². The minimum Gasteiger partial charge on any atom is -0.308 e. The highest BCUT2D eigenvalue weighted by atomic mass is 19.1. The molecule has 0 bridgehead atoms. The van der Waals surface area contributed by atoms with E-state index in [2.05, 4.69) is 31.4 Å². The number of amides is 2. The summed E-state index contributed by atoms with van der Waals surface area (Å²) in [5.74, 6) is -1.64. The van der Waals surface area contributed by atoms with Crippen LogP contribution in [0.25, 0.3) is 0 Å². The first-order chi connectivity index (χ1) is 10.3. The summed E-state index contributed by atoms with van der Waals surface area (Å²) in [6, 6.07) is 10.0. The summed E-state index contributed by atoms with van der Waals surface area (Å²) in [7, 11) is 0. The van der Waals surface area contributed by atoms with E-state index in [0.717, 1.165) is 17.7 Å². The highest BCUT2D eigenvalue weighted by Crippen LogP contribution is 2.25. The van der Waals surface area contributed by atoms with Gasteiger partial charge in [-0.2, -0.15) is 0 Å². The minimum atomic E-state index is -0.821. The van der Waals surface area contributed by atoms with E-state index >= 15 is 0 Å². The Kier molecular flexibility index (Phi) is 4.45. The molecule has 0 saturated carbocycles. The van der Waals surface area contributed by atoms with Crippen LogP contribution in [-0.2, 0) is 5.41 Å². The lowest BCUT2D eigenvalue weighted by Gasteiger charge is -2.20. The molecule has 116 valence electrons. The maximum Gasteiger partial charge on any atom is 0.323 e. The van der Waals surface area contributed by atoms with Crippen LogP contribution in [0.2, 0.25) is 0 Å². The summed E-state index contributed by atoms with van der Waals surface area (Å²) in [4.78, 5) is 11.9. The number of nitrogens with one attached hydrogen (secondary N) is 2. The number of urea groups is 1. The van der Waals surface area contributed by atoms with Crippen LogP contribution in [-0.4, -0.2) is 6.03 Å². The predicted octanol–water partition coefficient (Wildman–Crippen LogP) is 4.91. The number of hydrogen-bond acceptors (Lipinski definition) is 1. The molecule has 2 rings (SSSR count). The number of anilines is 2. The third kappa shape index (κ3) is 3.81. The monoisotopic (exact) mass is 304 g/mol. The molecule has 0 spiro atoms. The molecule has 0 saturated heterocycles. The van der Waals surface area contributed by atoms with Gasteiger partial charge < -0.3 is 10.6 Å². The summed E-state index contributed by atoms with van der Waals surface area (Å²) in [6.45, 7) is 6.17. The van der Waals surface area contributed by atoms with E-state index in [1.807, 2.05) is 18.2 Å². The smallest absolute Gasteiger partial charge is 0.308 e. The fourth-order valence-corrected chi connectivity index (χ4v) is 1.96. The average molecular weight is 304 g/mol. The topological polar surface area (TPSA) is 41.1 Å². The zero-order valence-electron chi connectivity index (χ0n) is 12.7. The number of benzene rings is 2. The van der Waals surface area contributed by atoms with Gasteiger partial charge in [-0.15, -0.1) is 0 Å². The van der Waals surface area contributed by atoms with Gasteiger partial charge in [0, 0.05) is 5.69 Å². The molecule has 2 aromatic carbocycles. The second-order valence-electron chi connectivity index (χ2n) is 6.01. The first-order valence-corrected chi connectivity index (χ1v) is 6.90. The molecule has 0 heterocycles. The number of hydrogen-bond donors (Lipinski definition) is 2. The van der Waals surface area contributed by atoms with Crippen molar-refractivity contribution in [1.82, 2.24) is 0 Å². The molecule has 2 N–H and O–H groups in total.